The van der Waals surface area contributed by atoms with Gasteiger partial charge in [-0.15, -0.1) is 0 Å². The van der Waals surface area contributed by atoms with Gasteiger partial charge < -0.3 is 15.2 Å². The molecule has 0 aliphatic heterocycles. The monoisotopic (exact) mass is 231 g/mol. The number of carbonyl (C=O) groups excluding carboxylic acids is 1. The normalized spacial score (nSPS) is 10.2. The van der Waals surface area contributed by atoms with Crippen LogP contribution in [0.2, 0.25) is 0 Å². The average molecular weight is 231 g/mol. The minimum absolute atomic E-state index is 0.406. The van der Waals surface area contributed by atoms with Crippen LogP contribution in [0.5, 0.6) is 5.75 Å². The first kappa shape index (κ1) is 12.2. The smallest absolute Gasteiger partial charge is 0.344 e. The van der Waals surface area contributed by atoms with Gasteiger partial charge in [-0.05, 0) is 24.3 Å². The number of rotatable bonds is 5. The van der Waals surface area contributed by atoms with Gasteiger partial charge in [0.1, 0.15) is 5.75 Å². The first-order valence-electron chi connectivity index (χ1n) is 4.50. The second-order valence-electron chi connectivity index (χ2n) is 2.93. The van der Waals surface area contributed by atoms with Gasteiger partial charge in [-0.25, -0.2) is 13.6 Å². The molecule has 0 bridgehead atoms. The van der Waals surface area contributed by atoms with Crippen LogP contribution in [0.25, 0.3) is 0 Å². The maximum atomic E-state index is 11.7. The van der Waals surface area contributed by atoms with Crippen molar-refractivity contribution in [1.82, 2.24) is 0 Å². The maximum absolute atomic E-state index is 11.7. The molecule has 4 nitrogen and oxygen atoms in total. The van der Waals surface area contributed by atoms with Gasteiger partial charge >= 0.3 is 5.97 Å². The fourth-order valence-corrected chi connectivity index (χ4v) is 0.904. The highest BCUT2D eigenvalue weighted by molar-refractivity contribution is 5.71. The van der Waals surface area contributed by atoms with Gasteiger partial charge in [-0.2, -0.15) is 0 Å². The number of hydrogen-bond acceptors (Lipinski definition) is 4. The molecule has 0 aromatic heterocycles. The van der Waals surface area contributed by atoms with E-state index >= 15 is 0 Å². The number of esters is 1. The number of halogens is 2. The van der Waals surface area contributed by atoms with E-state index in [1.54, 1.807) is 24.3 Å². The Morgan fingerprint density at radius 2 is 1.94 bits per heavy atom. The minimum Gasteiger partial charge on any atom is -0.482 e. The summed E-state index contributed by atoms with van der Waals surface area (Å²) < 4.78 is 32.5. The molecule has 1 aromatic rings. The third kappa shape index (κ3) is 4.59. The summed E-state index contributed by atoms with van der Waals surface area (Å²) in [6, 6.07) is 6.32. The zero-order chi connectivity index (χ0) is 12.0. The largest absolute Gasteiger partial charge is 0.482 e. The Bertz CT molecular complexity index is 340. The van der Waals surface area contributed by atoms with Gasteiger partial charge in [-0.1, -0.05) is 0 Å². The number of hydrogen-bond donors (Lipinski definition) is 1. The van der Waals surface area contributed by atoms with Crippen molar-refractivity contribution in [2.24, 2.45) is 0 Å². The van der Waals surface area contributed by atoms with Gasteiger partial charge in [-0.3, -0.25) is 0 Å². The molecule has 0 amide bonds. The highest BCUT2D eigenvalue weighted by Crippen LogP contribution is 2.12. The molecule has 0 saturated heterocycles. The van der Waals surface area contributed by atoms with Crippen LogP contribution in [0.3, 0.4) is 0 Å². The van der Waals surface area contributed by atoms with Crippen LogP contribution >= 0.6 is 0 Å². The lowest BCUT2D eigenvalue weighted by atomic mass is 10.3. The first-order chi connectivity index (χ1) is 7.58. The van der Waals surface area contributed by atoms with Gasteiger partial charge in [0.05, 0.1) is 0 Å². The predicted octanol–water partition coefficient (Wildman–Crippen LogP) is 1.46. The zero-order valence-corrected chi connectivity index (χ0v) is 8.36. The van der Waals surface area contributed by atoms with Gasteiger partial charge in [0.15, 0.2) is 13.2 Å². The summed E-state index contributed by atoms with van der Waals surface area (Å²) in [6.45, 7) is -1.32. The molecule has 16 heavy (non-hydrogen) atoms. The maximum Gasteiger partial charge on any atom is 0.344 e. The lowest BCUT2D eigenvalue weighted by molar-refractivity contribution is -0.149. The quantitative estimate of drug-likeness (QED) is 0.615. The van der Waals surface area contributed by atoms with E-state index in [-0.39, 0.29) is 0 Å². The Morgan fingerprint density at radius 3 is 2.50 bits per heavy atom. The van der Waals surface area contributed by atoms with E-state index in [1.165, 1.54) is 0 Å². The summed E-state index contributed by atoms with van der Waals surface area (Å²) in [6.07, 6.45) is -2.67. The van der Waals surface area contributed by atoms with E-state index in [0.717, 1.165) is 0 Å². The molecule has 1 aromatic carbocycles. The molecule has 1 rings (SSSR count). The molecule has 0 unspecified atom stereocenters. The summed E-state index contributed by atoms with van der Waals surface area (Å²) in [5.74, 6) is -0.416. The van der Waals surface area contributed by atoms with Crippen molar-refractivity contribution < 1.29 is 23.0 Å². The van der Waals surface area contributed by atoms with Crippen LogP contribution in [0.15, 0.2) is 24.3 Å². The van der Waals surface area contributed by atoms with Crippen molar-refractivity contribution in [3.8, 4) is 5.75 Å². The third-order valence-electron chi connectivity index (χ3n) is 1.61. The Balaban J connectivity index is 2.29. The summed E-state index contributed by atoms with van der Waals surface area (Å²) in [4.78, 5) is 10.9. The van der Waals surface area contributed by atoms with E-state index in [4.69, 9.17) is 10.5 Å². The standard InChI is InChI=1S/C10H11F2NO3/c11-9(12)5-16-10(14)6-15-8-3-1-7(13)2-4-8/h1-4,9H,5-6,13H2. The molecular formula is C10H11F2NO3. The molecule has 88 valence electrons. The molecule has 0 spiro atoms. The topological polar surface area (TPSA) is 61.5 Å². The van der Waals surface area contributed by atoms with Crippen molar-refractivity contribution in [1.29, 1.82) is 0 Å². The van der Waals surface area contributed by atoms with Gasteiger partial charge in [0.2, 0.25) is 0 Å². The van der Waals surface area contributed by atoms with Crippen molar-refractivity contribution in [3.63, 3.8) is 0 Å². The van der Waals surface area contributed by atoms with Crippen LogP contribution in [0.4, 0.5) is 14.5 Å². The Kier molecular flexibility index (Phi) is 4.50. The number of nitrogen functional groups attached to an aromatic ring is 1. The van der Waals surface area contributed by atoms with Crippen molar-refractivity contribution in [3.05, 3.63) is 24.3 Å². The average Bonchev–Trinajstić information content (AvgIpc) is 2.25. The molecule has 0 aliphatic carbocycles. The van der Waals surface area contributed by atoms with Crippen molar-refractivity contribution >= 4 is 11.7 Å². The number of ether oxygens (including phenoxy) is 2. The molecule has 0 aliphatic rings. The van der Waals surface area contributed by atoms with E-state index in [9.17, 15) is 13.6 Å². The Hall–Kier alpha value is -1.85. The fourth-order valence-electron chi connectivity index (χ4n) is 0.904. The summed E-state index contributed by atoms with van der Waals surface area (Å²) in [7, 11) is 0. The molecule has 0 heterocycles. The van der Waals surface area contributed by atoms with Gasteiger partial charge in [0, 0.05) is 5.69 Å². The number of alkyl halides is 2. The van der Waals surface area contributed by atoms with Crippen LogP contribution in [-0.2, 0) is 9.53 Å². The van der Waals surface area contributed by atoms with E-state index in [0.29, 0.717) is 11.4 Å². The number of nitrogens with two attached hydrogens (primary N) is 1. The Labute approximate surface area is 91.0 Å². The number of carbonyl (C=O) groups is 1. The molecule has 2 N–H and O–H groups in total. The Morgan fingerprint density at radius 1 is 1.31 bits per heavy atom. The predicted molar refractivity (Wildman–Crippen MR) is 53.3 cm³/mol. The number of benzene rings is 1. The van der Waals surface area contributed by atoms with Crippen LogP contribution in [-0.4, -0.2) is 25.6 Å². The summed E-state index contributed by atoms with van der Waals surface area (Å²) in [5.41, 5.74) is 6.00. The molecule has 0 radical (unpaired) electrons. The van der Waals surface area contributed by atoms with E-state index < -0.39 is 25.6 Å². The molecular weight excluding hydrogens is 220 g/mol. The van der Waals surface area contributed by atoms with Crippen LogP contribution in [0.1, 0.15) is 0 Å². The SMILES string of the molecule is Nc1ccc(OCC(=O)OCC(F)F)cc1. The third-order valence-corrected chi connectivity index (χ3v) is 1.61. The van der Waals surface area contributed by atoms with Gasteiger partial charge in [0.25, 0.3) is 6.43 Å². The van der Waals surface area contributed by atoms with E-state index in [1.807, 2.05) is 0 Å². The van der Waals surface area contributed by atoms with Crippen LogP contribution in [0, 0.1) is 0 Å². The van der Waals surface area contributed by atoms with Crippen molar-refractivity contribution in [2.75, 3.05) is 18.9 Å². The highest BCUT2D eigenvalue weighted by atomic mass is 19.3. The van der Waals surface area contributed by atoms with Crippen LogP contribution < -0.4 is 10.5 Å². The highest BCUT2D eigenvalue weighted by Gasteiger charge is 2.08. The minimum atomic E-state index is -2.67. The second kappa shape index (κ2) is 5.89. The first-order valence-corrected chi connectivity index (χ1v) is 4.50. The lowest BCUT2D eigenvalue weighted by Gasteiger charge is -2.06. The summed E-state index contributed by atoms with van der Waals surface area (Å²) >= 11 is 0. The van der Waals surface area contributed by atoms with E-state index in [2.05, 4.69) is 4.74 Å². The zero-order valence-electron chi connectivity index (χ0n) is 8.36. The second-order valence-corrected chi connectivity index (χ2v) is 2.93. The summed E-state index contributed by atoms with van der Waals surface area (Å²) in [5, 5.41) is 0. The fraction of sp³-hybridized carbons (Fsp3) is 0.300. The molecule has 0 atom stereocenters. The molecule has 0 fully saturated rings. The van der Waals surface area contributed by atoms with Crippen molar-refractivity contribution in [2.45, 2.75) is 6.43 Å². The molecule has 6 heteroatoms. The number of anilines is 1. The lowest BCUT2D eigenvalue weighted by Crippen LogP contribution is -2.18. The molecule has 0 saturated carbocycles.